The van der Waals surface area contributed by atoms with E-state index in [1.807, 2.05) is 0 Å². The van der Waals surface area contributed by atoms with Gasteiger partial charge in [0.2, 0.25) is 0 Å². The van der Waals surface area contributed by atoms with Crippen molar-refractivity contribution in [2.75, 3.05) is 13.1 Å². The molecule has 18 heavy (non-hydrogen) atoms. The highest BCUT2D eigenvalue weighted by molar-refractivity contribution is 5.28. The van der Waals surface area contributed by atoms with Crippen LogP contribution in [0.2, 0.25) is 0 Å². The van der Waals surface area contributed by atoms with Crippen LogP contribution in [0.5, 0.6) is 5.75 Å². The molecule has 2 atom stereocenters. The van der Waals surface area contributed by atoms with Crippen LogP contribution in [-0.4, -0.2) is 29.1 Å². The molecule has 0 aliphatic carbocycles. The topological polar surface area (TPSA) is 49.5 Å². The Hall–Kier alpha value is -1.13. The lowest BCUT2D eigenvalue weighted by Gasteiger charge is -2.36. The van der Waals surface area contributed by atoms with E-state index in [9.17, 15) is 9.50 Å². The second kappa shape index (κ2) is 5.67. The standard InChI is InChI=1S/C14H21FN2O/c1-2-11-9-17(4-3-14(11)16)8-10-5-12(15)7-13(18)6-10/h5-7,11,14,18H,2-4,8-9,16H2,1H3. The molecule has 0 aromatic heterocycles. The van der Waals surface area contributed by atoms with Crippen LogP contribution >= 0.6 is 0 Å². The zero-order chi connectivity index (χ0) is 13.1. The van der Waals surface area contributed by atoms with Gasteiger partial charge in [-0.3, -0.25) is 4.90 Å². The van der Waals surface area contributed by atoms with Crippen LogP contribution in [0.25, 0.3) is 0 Å². The Balaban J connectivity index is 2.01. The van der Waals surface area contributed by atoms with Gasteiger partial charge in [-0.1, -0.05) is 13.3 Å². The second-order valence-electron chi connectivity index (χ2n) is 5.17. The summed E-state index contributed by atoms with van der Waals surface area (Å²) < 4.78 is 13.2. The third-order valence-electron chi connectivity index (χ3n) is 3.75. The lowest BCUT2D eigenvalue weighted by atomic mass is 9.90. The van der Waals surface area contributed by atoms with E-state index in [-0.39, 0.29) is 17.6 Å². The first-order valence-electron chi connectivity index (χ1n) is 6.55. The highest BCUT2D eigenvalue weighted by Gasteiger charge is 2.25. The predicted molar refractivity (Wildman–Crippen MR) is 69.7 cm³/mol. The molecular formula is C14H21FN2O. The van der Waals surface area contributed by atoms with Gasteiger partial charge in [-0.15, -0.1) is 0 Å². The van der Waals surface area contributed by atoms with E-state index in [0.29, 0.717) is 12.5 Å². The van der Waals surface area contributed by atoms with E-state index in [1.54, 1.807) is 6.07 Å². The van der Waals surface area contributed by atoms with Crippen LogP contribution in [0, 0.1) is 11.7 Å². The number of hydrogen-bond donors (Lipinski definition) is 2. The van der Waals surface area contributed by atoms with E-state index in [4.69, 9.17) is 5.73 Å². The van der Waals surface area contributed by atoms with Gasteiger partial charge in [-0.25, -0.2) is 4.39 Å². The van der Waals surface area contributed by atoms with Crippen molar-refractivity contribution in [1.29, 1.82) is 0 Å². The highest BCUT2D eigenvalue weighted by atomic mass is 19.1. The highest BCUT2D eigenvalue weighted by Crippen LogP contribution is 2.22. The fourth-order valence-electron chi connectivity index (χ4n) is 2.68. The maximum Gasteiger partial charge on any atom is 0.127 e. The zero-order valence-electron chi connectivity index (χ0n) is 10.8. The number of rotatable bonds is 3. The maximum absolute atomic E-state index is 13.2. The molecule has 2 unspecified atom stereocenters. The quantitative estimate of drug-likeness (QED) is 0.866. The molecule has 1 aromatic rings. The Bertz CT molecular complexity index is 391. The molecule has 3 N–H and O–H groups in total. The molecule has 0 radical (unpaired) electrons. The number of phenols is 1. The number of benzene rings is 1. The van der Waals surface area contributed by atoms with Crippen molar-refractivity contribution in [2.45, 2.75) is 32.4 Å². The monoisotopic (exact) mass is 252 g/mol. The van der Waals surface area contributed by atoms with Gasteiger partial charge in [0.15, 0.2) is 0 Å². The molecule has 100 valence electrons. The molecule has 0 spiro atoms. The van der Waals surface area contributed by atoms with Gasteiger partial charge in [0.25, 0.3) is 0 Å². The molecule has 1 aromatic carbocycles. The number of hydrogen-bond acceptors (Lipinski definition) is 3. The van der Waals surface area contributed by atoms with Gasteiger partial charge in [0, 0.05) is 25.2 Å². The number of nitrogens with two attached hydrogens (primary N) is 1. The molecule has 1 saturated heterocycles. The summed E-state index contributed by atoms with van der Waals surface area (Å²) in [6, 6.07) is 4.52. The normalized spacial score (nSPS) is 25.3. The lowest BCUT2D eigenvalue weighted by Crippen LogP contribution is -2.46. The number of aromatic hydroxyl groups is 1. The van der Waals surface area contributed by atoms with Crippen molar-refractivity contribution in [1.82, 2.24) is 4.90 Å². The molecule has 0 saturated carbocycles. The van der Waals surface area contributed by atoms with E-state index >= 15 is 0 Å². The molecule has 0 amide bonds. The Morgan fingerprint density at radius 3 is 2.89 bits per heavy atom. The molecule has 1 heterocycles. The van der Waals surface area contributed by atoms with Gasteiger partial charge in [-0.2, -0.15) is 0 Å². The predicted octanol–water partition coefficient (Wildman–Crippen LogP) is 2.09. The second-order valence-corrected chi connectivity index (χ2v) is 5.17. The van der Waals surface area contributed by atoms with Crippen molar-refractivity contribution in [3.05, 3.63) is 29.6 Å². The fourth-order valence-corrected chi connectivity index (χ4v) is 2.68. The van der Waals surface area contributed by atoms with Crippen LogP contribution in [0.3, 0.4) is 0 Å². The first kappa shape index (κ1) is 13.3. The molecule has 2 rings (SSSR count). The maximum atomic E-state index is 13.2. The molecule has 0 bridgehead atoms. The van der Waals surface area contributed by atoms with Crippen LogP contribution in [0.4, 0.5) is 4.39 Å². The minimum Gasteiger partial charge on any atom is -0.508 e. The summed E-state index contributed by atoms with van der Waals surface area (Å²) in [6.45, 7) is 4.72. The van der Waals surface area contributed by atoms with Crippen LogP contribution in [0.15, 0.2) is 18.2 Å². The first-order valence-corrected chi connectivity index (χ1v) is 6.55. The number of piperidine rings is 1. The van der Waals surface area contributed by atoms with Crippen molar-refractivity contribution < 1.29 is 9.50 Å². The fraction of sp³-hybridized carbons (Fsp3) is 0.571. The molecule has 3 nitrogen and oxygen atoms in total. The van der Waals surface area contributed by atoms with Crippen molar-refractivity contribution in [2.24, 2.45) is 11.7 Å². The Morgan fingerprint density at radius 1 is 1.44 bits per heavy atom. The molecule has 1 fully saturated rings. The third kappa shape index (κ3) is 3.21. The summed E-state index contributed by atoms with van der Waals surface area (Å²) in [4.78, 5) is 2.28. The molecule has 1 aliphatic rings. The average molecular weight is 252 g/mol. The molecule has 4 heteroatoms. The first-order chi connectivity index (χ1) is 8.58. The van der Waals surface area contributed by atoms with Gasteiger partial charge >= 0.3 is 0 Å². The third-order valence-corrected chi connectivity index (χ3v) is 3.75. The molecule has 1 aliphatic heterocycles. The number of phenolic OH excluding ortho intramolecular Hbond substituents is 1. The number of likely N-dealkylation sites (tertiary alicyclic amines) is 1. The minimum atomic E-state index is -0.384. The van der Waals surface area contributed by atoms with Crippen molar-refractivity contribution in [3.63, 3.8) is 0 Å². The van der Waals surface area contributed by atoms with Crippen LogP contribution in [0.1, 0.15) is 25.3 Å². The van der Waals surface area contributed by atoms with Crippen molar-refractivity contribution in [3.8, 4) is 5.75 Å². The largest absolute Gasteiger partial charge is 0.508 e. The summed E-state index contributed by atoms with van der Waals surface area (Å²) in [5, 5.41) is 9.39. The zero-order valence-corrected chi connectivity index (χ0v) is 10.8. The van der Waals surface area contributed by atoms with Gasteiger partial charge in [0.05, 0.1) is 0 Å². The Labute approximate surface area is 107 Å². The summed E-state index contributed by atoms with van der Waals surface area (Å²) >= 11 is 0. The van der Waals surface area contributed by atoms with Crippen LogP contribution < -0.4 is 5.73 Å². The summed E-state index contributed by atoms with van der Waals surface area (Å²) in [5.41, 5.74) is 6.88. The summed E-state index contributed by atoms with van der Waals surface area (Å²) in [5.74, 6) is 0.123. The van der Waals surface area contributed by atoms with E-state index < -0.39 is 0 Å². The van der Waals surface area contributed by atoms with Crippen LogP contribution in [-0.2, 0) is 6.54 Å². The Morgan fingerprint density at radius 2 is 2.22 bits per heavy atom. The van der Waals surface area contributed by atoms with Gasteiger partial charge in [-0.05, 0) is 36.6 Å². The minimum absolute atomic E-state index is 0.00856. The SMILES string of the molecule is CCC1CN(Cc2cc(O)cc(F)c2)CCC1N. The summed E-state index contributed by atoms with van der Waals surface area (Å²) in [7, 11) is 0. The average Bonchev–Trinajstić information content (AvgIpc) is 2.30. The number of halogens is 1. The molecular weight excluding hydrogens is 231 g/mol. The smallest absolute Gasteiger partial charge is 0.127 e. The lowest BCUT2D eigenvalue weighted by molar-refractivity contribution is 0.145. The van der Waals surface area contributed by atoms with Gasteiger partial charge < -0.3 is 10.8 Å². The summed E-state index contributed by atoms with van der Waals surface area (Å²) in [6.07, 6.45) is 2.06. The van der Waals surface area contributed by atoms with Gasteiger partial charge in [0.1, 0.15) is 11.6 Å². The number of nitrogens with zero attached hydrogens (tertiary/aromatic N) is 1. The van der Waals surface area contributed by atoms with E-state index in [0.717, 1.165) is 37.6 Å². The Kier molecular flexibility index (Phi) is 4.19. The van der Waals surface area contributed by atoms with Crippen molar-refractivity contribution >= 4 is 0 Å². The van der Waals surface area contributed by atoms with E-state index in [2.05, 4.69) is 11.8 Å². The van der Waals surface area contributed by atoms with E-state index in [1.165, 1.54) is 6.07 Å².